The van der Waals surface area contributed by atoms with Crippen LogP contribution in [0.3, 0.4) is 0 Å². The maximum atomic E-state index is 13.6. The van der Waals surface area contributed by atoms with Crippen molar-refractivity contribution >= 4 is 27.5 Å². The lowest BCUT2D eigenvalue weighted by atomic mass is 10.3. The van der Waals surface area contributed by atoms with Gasteiger partial charge in [0, 0.05) is 6.54 Å². The fourth-order valence-electron chi connectivity index (χ4n) is 1.62. The summed E-state index contributed by atoms with van der Waals surface area (Å²) in [6, 6.07) is 2.09. The van der Waals surface area contributed by atoms with E-state index in [9.17, 15) is 12.8 Å². The lowest BCUT2D eigenvalue weighted by molar-refractivity contribution is 0.388. The molecule has 20 heavy (non-hydrogen) atoms. The first kappa shape index (κ1) is 17.1. The molecule has 0 aliphatic heterocycles. The average Bonchev–Trinajstić information content (AvgIpc) is 2.38. The molecular weight excluding hydrogens is 303 g/mol. The molecule has 0 aliphatic carbocycles. The van der Waals surface area contributed by atoms with E-state index >= 15 is 0 Å². The molecule has 3 N–H and O–H groups in total. The van der Waals surface area contributed by atoms with Gasteiger partial charge in [-0.05, 0) is 37.0 Å². The number of sulfonamides is 1. The van der Waals surface area contributed by atoms with Gasteiger partial charge in [0.25, 0.3) is 0 Å². The fraction of sp³-hybridized carbons (Fsp3) is 0.500. The Balaban J connectivity index is 2.78. The van der Waals surface area contributed by atoms with Crippen LogP contribution in [0.2, 0.25) is 0 Å². The highest BCUT2D eigenvalue weighted by atomic mass is 32.2. The van der Waals surface area contributed by atoms with Crippen molar-refractivity contribution in [2.24, 2.45) is 0 Å². The maximum absolute atomic E-state index is 13.6. The van der Waals surface area contributed by atoms with Crippen molar-refractivity contribution in [2.75, 3.05) is 31.4 Å². The Labute approximate surface area is 123 Å². The number of nitrogens with two attached hydrogens (primary N) is 1. The number of anilines is 1. The summed E-state index contributed by atoms with van der Waals surface area (Å²) < 4.78 is 44.8. The first-order valence-electron chi connectivity index (χ1n) is 6.04. The lowest BCUT2D eigenvalue weighted by Crippen LogP contribution is -2.25. The average molecular weight is 322 g/mol. The number of nitrogens with one attached hydrogen (secondary N) is 1. The summed E-state index contributed by atoms with van der Waals surface area (Å²) in [5.41, 5.74) is 5.52. The smallest absolute Gasteiger partial charge is 0.240 e. The van der Waals surface area contributed by atoms with Gasteiger partial charge in [-0.15, -0.1) is 0 Å². The fourth-order valence-corrected chi connectivity index (χ4v) is 3.23. The second kappa shape index (κ2) is 7.70. The van der Waals surface area contributed by atoms with Crippen molar-refractivity contribution in [3.05, 3.63) is 17.9 Å². The normalized spacial score (nSPS) is 11.6. The summed E-state index contributed by atoms with van der Waals surface area (Å²) in [7, 11) is -2.48. The number of hydrogen-bond donors (Lipinski definition) is 2. The number of unbranched alkanes of at least 4 members (excludes halogenated alkanes) is 1. The number of hydrogen-bond acceptors (Lipinski definition) is 5. The van der Waals surface area contributed by atoms with E-state index in [4.69, 9.17) is 10.5 Å². The monoisotopic (exact) mass is 322 g/mol. The Bertz CT molecular complexity index is 527. The van der Waals surface area contributed by atoms with Crippen LogP contribution in [0.5, 0.6) is 5.75 Å². The van der Waals surface area contributed by atoms with Crippen LogP contribution in [0, 0.1) is 5.82 Å². The third-order valence-corrected chi connectivity index (χ3v) is 4.76. The van der Waals surface area contributed by atoms with E-state index in [0.29, 0.717) is 6.54 Å². The molecule has 8 heteroatoms. The van der Waals surface area contributed by atoms with Crippen LogP contribution in [0.4, 0.5) is 10.1 Å². The van der Waals surface area contributed by atoms with Crippen LogP contribution in [0.15, 0.2) is 17.0 Å². The predicted octanol–water partition coefficient (Wildman–Crippen LogP) is 1.84. The van der Waals surface area contributed by atoms with Crippen LogP contribution < -0.4 is 15.2 Å². The van der Waals surface area contributed by atoms with Gasteiger partial charge in [-0.25, -0.2) is 17.5 Å². The number of thioether (sulfide) groups is 1. The number of benzene rings is 1. The minimum Gasteiger partial charge on any atom is -0.492 e. The molecular formula is C12H19FN2O3S2. The van der Waals surface area contributed by atoms with Crippen LogP contribution in [0.1, 0.15) is 12.8 Å². The van der Waals surface area contributed by atoms with Crippen LogP contribution in [-0.2, 0) is 10.0 Å². The molecule has 1 aromatic rings. The van der Waals surface area contributed by atoms with E-state index in [1.165, 1.54) is 13.2 Å². The zero-order chi connectivity index (χ0) is 15.2. The van der Waals surface area contributed by atoms with E-state index in [-0.39, 0.29) is 16.3 Å². The summed E-state index contributed by atoms with van der Waals surface area (Å²) >= 11 is 1.71. The van der Waals surface area contributed by atoms with E-state index in [2.05, 4.69) is 4.72 Å². The molecule has 0 saturated heterocycles. The molecule has 1 rings (SSSR count). The zero-order valence-corrected chi connectivity index (χ0v) is 13.1. The van der Waals surface area contributed by atoms with Gasteiger partial charge in [0.05, 0.1) is 17.7 Å². The molecule has 0 atom stereocenters. The number of methoxy groups -OCH3 is 1. The summed E-state index contributed by atoms with van der Waals surface area (Å²) in [5.74, 6) is 0.0328. The highest BCUT2D eigenvalue weighted by molar-refractivity contribution is 7.98. The Morgan fingerprint density at radius 2 is 2.10 bits per heavy atom. The van der Waals surface area contributed by atoms with Gasteiger partial charge in [0.15, 0.2) is 11.6 Å². The molecule has 0 amide bonds. The first-order chi connectivity index (χ1) is 9.42. The van der Waals surface area contributed by atoms with Crippen LogP contribution in [-0.4, -0.2) is 34.1 Å². The minimum absolute atomic E-state index is 0.0461. The van der Waals surface area contributed by atoms with Crippen LogP contribution >= 0.6 is 11.8 Å². The minimum atomic E-state index is -3.75. The molecule has 0 fully saturated rings. The van der Waals surface area contributed by atoms with Crippen molar-refractivity contribution in [3.63, 3.8) is 0 Å². The van der Waals surface area contributed by atoms with Gasteiger partial charge in [-0.1, -0.05) is 0 Å². The van der Waals surface area contributed by atoms with Gasteiger partial charge in [-0.3, -0.25) is 0 Å². The van der Waals surface area contributed by atoms with Crippen molar-refractivity contribution in [3.8, 4) is 5.75 Å². The van der Waals surface area contributed by atoms with Crippen molar-refractivity contribution < 1.29 is 17.5 Å². The summed E-state index contributed by atoms with van der Waals surface area (Å²) in [6.07, 6.45) is 3.64. The Hall–Kier alpha value is -0.990. The number of ether oxygens (including phenoxy) is 1. The van der Waals surface area contributed by atoms with Gasteiger partial charge in [0.2, 0.25) is 10.0 Å². The highest BCUT2D eigenvalue weighted by Crippen LogP contribution is 2.28. The van der Waals surface area contributed by atoms with E-state index < -0.39 is 15.8 Å². The maximum Gasteiger partial charge on any atom is 0.240 e. The third kappa shape index (κ3) is 4.53. The van der Waals surface area contributed by atoms with Crippen LogP contribution in [0.25, 0.3) is 0 Å². The topological polar surface area (TPSA) is 81.4 Å². The molecule has 1 aromatic carbocycles. The largest absolute Gasteiger partial charge is 0.492 e. The number of halogens is 1. The first-order valence-corrected chi connectivity index (χ1v) is 8.91. The Morgan fingerprint density at radius 1 is 1.40 bits per heavy atom. The molecule has 0 saturated carbocycles. The van der Waals surface area contributed by atoms with E-state index in [0.717, 1.165) is 24.7 Å². The number of nitrogen functional groups attached to an aromatic ring is 1. The molecule has 0 radical (unpaired) electrons. The number of rotatable bonds is 8. The molecule has 5 nitrogen and oxygen atoms in total. The molecule has 114 valence electrons. The zero-order valence-electron chi connectivity index (χ0n) is 11.5. The van der Waals surface area contributed by atoms with Crippen molar-refractivity contribution in [1.82, 2.24) is 4.72 Å². The quantitative estimate of drug-likeness (QED) is 0.564. The van der Waals surface area contributed by atoms with Crippen molar-refractivity contribution in [1.29, 1.82) is 0 Å². The highest BCUT2D eigenvalue weighted by Gasteiger charge is 2.18. The standard InChI is InChI=1S/C12H19FN2O3S2/c1-18-12-10(13)7-9(8-11(12)14)20(16,17)15-5-3-4-6-19-2/h7-8,15H,3-6,14H2,1-2H3. The Kier molecular flexibility index (Phi) is 6.57. The second-order valence-electron chi connectivity index (χ2n) is 4.13. The van der Waals surface area contributed by atoms with E-state index in [1.807, 2.05) is 6.26 Å². The van der Waals surface area contributed by atoms with Gasteiger partial charge in [0.1, 0.15) is 0 Å². The van der Waals surface area contributed by atoms with E-state index in [1.54, 1.807) is 11.8 Å². The molecule has 0 unspecified atom stereocenters. The van der Waals surface area contributed by atoms with Gasteiger partial charge in [-0.2, -0.15) is 11.8 Å². The van der Waals surface area contributed by atoms with Gasteiger partial charge < -0.3 is 10.5 Å². The predicted molar refractivity (Wildman–Crippen MR) is 80.2 cm³/mol. The summed E-state index contributed by atoms with van der Waals surface area (Å²) in [4.78, 5) is -0.196. The van der Waals surface area contributed by atoms with Gasteiger partial charge >= 0.3 is 0 Å². The SMILES string of the molecule is COc1c(N)cc(S(=O)(=O)NCCCCSC)cc1F. The lowest BCUT2D eigenvalue weighted by Gasteiger charge is -2.10. The summed E-state index contributed by atoms with van der Waals surface area (Å²) in [6.45, 7) is 0.316. The molecule has 0 spiro atoms. The summed E-state index contributed by atoms with van der Waals surface area (Å²) in [5, 5.41) is 0. The second-order valence-corrected chi connectivity index (χ2v) is 6.88. The molecule has 0 aliphatic rings. The third-order valence-electron chi connectivity index (χ3n) is 2.63. The Morgan fingerprint density at radius 3 is 2.65 bits per heavy atom. The molecule has 0 aromatic heterocycles. The molecule has 0 bridgehead atoms. The van der Waals surface area contributed by atoms with Crippen molar-refractivity contribution in [2.45, 2.75) is 17.7 Å². The molecule has 0 heterocycles.